The van der Waals surface area contributed by atoms with Gasteiger partial charge in [-0.25, -0.2) is 0 Å². The number of hydrogen-bond acceptors (Lipinski definition) is 2. The number of anilines is 3. The average molecular weight is 345 g/mol. The Bertz CT molecular complexity index is 639. The van der Waals surface area contributed by atoms with Crippen LogP contribution in [-0.2, 0) is 6.18 Å². The lowest BCUT2D eigenvalue weighted by molar-refractivity contribution is -0.136. The van der Waals surface area contributed by atoms with Crippen LogP contribution < -0.4 is 11.1 Å². The summed E-state index contributed by atoms with van der Waals surface area (Å²) < 4.78 is 39.7. The molecule has 0 radical (unpaired) electrons. The molecule has 106 valence electrons. The largest absolute Gasteiger partial charge is 0.418 e. The molecular weight excluding hydrogens is 333 g/mol. The summed E-state index contributed by atoms with van der Waals surface area (Å²) in [5.74, 6) is 0. The van der Waals surface area contributed by atoms with E-state index in [2.05, 4.69) is 21.2 Å². The first kappa shape index (κ1) is 14.7. The smallest absolute Gasteiger partial charge is 0.399 e. The minimum atomic E-state index is -4.46. The van der Waals surface area contributed by atoms with Crippen LogP contribution in [0.4, 0.5) is 30.2 Å². The van der Waals surface area contributed by atoms with Gasteiger partial charge in [0.05, 0.1) is 16.9 Å². The minimum absolute atomic E-state index is 0.0312. The van der Waals surface area contributed by atoms with Gasteiger partial charge in [-0.15, -0.1) is 0 Å². The molecule has 6 heteroatoms. The first-order chi connectivity index (χ1) is 9.27. The molecule has 3 N–H and O–H groups in total. The highest BCUT2D eigenvalue weighted by molar-refractivity contribution is 9.10. The number of nitrogen functional groups attached to an aromatic ring is 1. The van der Waals surface area contributed by atoms with Crippen LogP contribution in [0.5, 0.6) is 0 Å². The molecular formula is C14H12BrF3N2. The number of nitrogens with two attached hydrogens (primary N) is 1. The highest BCUT2D eigenvalue weighted by atomic mass is 79.9. The van der Waals surface area contributed by atoms with Gasteiger partial charge in [0.1, 0.15) is 0 Å². The molecule has 2 rings (SSSR count). The molecule has 0 fully saturated rings. The van der Waals surface area contributed by atoms with Gasteiger partial charge in [-0.1, -0.05) is 6.07 Å². The Morgan fingerprint density at radius 1 is 1.05 bits per heavy atom. The number of alkyl halides is 3. The third-order valence-electron chi connectivity index (χ3n) is 2.74. The van der Waals surface area contributed by atoms with Crippen molar-refractivity contribution in [2.75, 3.05) is 11.1 Å². The Hall–Kier alpha value is -1.69. The highest BCUT2D eigenvalue weighted by Crippen LogP contribution is 2.38. The summed E-state index contributed by atoms with van der Waals surface area (Å²) in [6.45, 7) is 1.90. The molecule has 0 aliphatic heterocycles. The number of aryl methyl sites for hydroxylation is 1. The van der Waals surface area contributed by atoms with E-state index in [-0.39, 0.29) is 11.4 Å². The predicted molar refractivity (Wildman–Crippen MR) is 78.0 cm³/mol. The van der Waals surface area contributed by atoms with Crippen LogP contribution in [0.3, 0.4) is 0 Å². The Morgan fingerprint density at radius 2 is 1.70 bits per heavy atom. The quantitative estimate of drug-likeness (QED) is 0.743. The molecule has 2 aromatic carbocycles. The zero-order valence-corrected chi connectivity index (χ0v) is 12.1. The van der Waals surface area contributed by atoms with Gasteiger partial charge in [0.2, 0.25) is 0 Å². The van der Waals surface area contributed by atoms with Crippen molar-refractivity contribution in [3.8, 4) is 0 Å². The second kappa shape index (κ2) is 5.36. The maximum absolute atomic E-state index is 13.0. The summed E-state index contributed by atoms with van der Waals surface area (Å²) in [5, 5.41) is 2.78. The van der Waals surface area contributed by atoms with Crippen molar-refractivity contribution in [1.82, 2.24) is 0 Å². The van der Waals surface area contributed by atoms with Gasteiger partial charge < -0.3 is 11.1 Å². The first-order valence-corrected chi connectivity index (χ1v) is 6.56. The maximum Gasteiger partial charge on any atom is 0.418 e. The fourth-order valence-electron chi connectivity index (χ4n) is 1.77. The lowest BCUT2D eigenvalue weighted by atomic mass is 10.1. The van der Waals surface area contributed by atoms with Crippen molar-refractivity contribution in [2.45, 2.75) is 13.1 Å². The monoisotopic (exact) mass is 344 g/mol. The molecule has 0 amide bonds. The standard InChI is InChI=1S/C14H12BrF3N2/c1-8-2-4-13(11(15)6-8)20-12-5-3-9(19)7-10(12)14(16,17)18/h2-7,20H,19H2,1H3. The molecule has 2 aromatic rings. The molecule has 0 bridgehead atoms. The highest BCUT2D eigenvalue weighted by Gasteiger charge is 2.33. The van der Waals surface area contributed by atoms with Crippen molar-refractivity contribution in [3.63, 3.8) is 0 Å². The number of nitrogens with one attached hydrogen (secondary N) is 1. The minimum Gasteiger partial charge on any atom is -0.399 e. The van der Waals surface area contributed by atoms with Crippen molar-refractivity contribution < 1.29 is 13.2 Å². The Labute approximate surface area is 122 Å². The van der Waals surface area contributed by atoms with Crippen LogP contribution >= 0.6 is 15.9 Å². The van der Waals surface area contributed by atoms with E-state index in [0.717, 1.165) is 11.6 Å². The molecule has 0 heterocycles. The van der Waals surface area contributed by atoms with Crippen molar-refractivity contribution in [3.05, 3.63) is 52.0 Å². The van der Waals surface area contributed by atoms with Gasteiger partial charge in [0, 0.05) is 10.2 Å². The molecule has 2 nitrogen and oxygen atoms in total. The van der Waals surface area contributed by atoms with Crippen LogP contribution in [0, 0.1) is 6.92 Å². The molecule has 0 aliphatic carbocycles. The van der Waals surface area contributed by atoms with Crippen LogP contribution in [0.25, 0.3) is 0 Å². The Balaban J connectivity index is 2.43. The topological polar surface area (TPSA) is 38.0 Å². The predicted octanol–water partition coefficient (Wildman–Crippen LogP) is 5.10. The van der Waals surface area contributed by atoms with E-state index in [1.54, 1.807) is 6.07 Å². The summed E-state index contributed by atoms with van der Waals surface area (Å²) in [7, 11) is 0. The van der Waals surface area contributed by atoms with E-state index in [4.69, 9.17) is 5.73 Å². The molecule has 0 atom stereocenters. The third-order valence-corrected chi connectivity index (χ3v) is 3.40. The Kier molecular flexibility index (Phi) is 3.94. The third kappa shape index (κ3) is 3.25. The fraction of sp³-hybridized carbons (Fsp3) is 0.143. The van der Waals surface area contributed by atoms with Crippen LogP contribution in [0.1, 0.15) is 11.1 Å². The number of halogens is 4. The van der Waals surface area contributed by atoms with E-state index in [0.29, 0.717) is 10.2 Å². The summed E-state index contributed by atoms with van der Waals surface area (Å²) in [5.41, 5.74) is 6.26. The Morgan fingerprint density at radius 3 is 2.30 bits per heavy atom. The lowest BCUT2D eigenvalue weighted by Crippen LogP contribution is -2.09. The van der Waals surface area contributed by atoms with Gasteiger partial charge in [-0.3, -0.25) is 0 Å². The van der Waals surface area contributed by atoms with Gasteiger partial charge in [-0.05, 0) is 58.7 Å². The van der Waals surface area contributed by atoms with Gasteiger partial charge in [-0.2, -0.15) is 13.2 Å². The molecule has 0 saturated heterocycles. The van der Waals surface area contributed by atoms with E-state index < -0.39 is 11.7 Å². The second-order valence-corrected chi connectivity index (χ2v) is 5.27. The van der Waals surface area contributed by atoms with Gasteiger partial charge >= 0.3 is 6.18 Å². The number of hydrogen-bond donors (Lipinski definition) is 2. The molecule has 0 aromatic heterocycles. The first-order valence-electron chi connectivity index (χ1n) is 5.77. The van der Waals surface area contributed by atoms with E-state index >= 15 is 0 Å². The number of rotatable bonds is 2. The maximum atomic E-state index is 13.0. The zero-order valence-electron chi connectivity index (χ0n) is 10.6. The van der Waals surface area contributed by atoms with E-state index in [9.17, 15) is 13.2 Å². The average Bonchev–Trinajstić information content (AvgIpc) is 2.33. The van der Waals surface area contributed by atoms with Crippen molar-refractivity contribution in [1.29, 1.82) is 0 Å². The summed E-state index contributed by atoms with van der Waals surface area (Å²) in [6.07, 6.45) is -4.46. The van der Waals surface area contributed by atoms with Crippen molar-refractivity contribution >= 4 is 33.0 Å². The van der Waals surface area contributed by atoms with Crippen LogP contribution in [0.15, 0.2) is 40.9 Å². The molecule has 0 unspecified atom stereocenters. The summed E-state index contributed by atoms with van der Waals surface area (Å²) in [4.78, 5) is 0. The molecule has 0 spiro atoms. The van der Waals surface area contributed by atoms with Crippen molar-refractivity contribution in [2.24, 2.45) is 0 Å². The zero-order chi connectivity index (χ0) is 14.9. The van der Waals surface area contributed by atoms with Crippen LogP contribution in [-0.4, -0.2) is 0 Å². The van der Waals surface area contributed by atoms with E-state index in [1.165, 1.54) is 12.1 Å². The molecule has 20 heavy (non-hydrogen) atoms. The van der Waals surface area contributed by atoms with Gasteiger partial charge in [0.25, 0.3) is 0 Å². The molecule has 0 saturated carbocycles. The van der Waals surface area contributed by atoms with E-state index in [1.807, 2.05) is 19.1 Å². The van der Waals surface area contributed by atoms with Crippen LogP contribution in [0.2, 0.25) is 0 Å². The number of benzene rings is 2. The SMILES string of the molecule is Cc1ccc(Nc2ccc(N)cc2C(F)(F)F)c(Br)c1. The lowest BCUT2D eigenvalue weighted by Gasteiger charge is -2.16. The van der Waals surface area contributed by atoms with Gasteiger partial charge in [0.15, 0.2) is 0 Å². The fourth-order valence-corrected chi connectivity index (χ4v) is 2.36. The summed E-state index contributed by atoms with van der Waals surface area (Å²) >= 11 is 3.33. The summed E-state index contributed by atoms with van der Waals surface area (Å²) in [6, 6.07) is 9.04. The normalized spacial score (nSPS) is 11.4. The molecule has 0 aliphatic rings. The second-order valence-electron chi connectivity index (χ2n) is 4.41.